The van der Waals surface area contributed by atoms with Gasteiger partial charge in [0, 0.05) is 22.7 Å². The second-order valence-electron chi connectivity index (χ2n) is 3.01. The van der Waals surface area contributed by atoms with Crippen LogP contribution in [0.5, 0.6) is 5.75 Å². The number of benzene rings is 1. The van der Waals surface area contributed by atoms with Gasteiger partial charge < -0.3 is 15.6 Å². The minimum atomic E-state index is -0.178. The molecule has 0 fully saturated rings. The lowest BCUT2D eigenvalue weighted by molar-refractivity contribution is 0.275. The zero-order valence-corrected chi connectivity index (χ0v) is 9.62. The molecule has 0 saturated carbocycles. The van der Waals surface area contributed by atoms with Gasteiger partial charge in [-0.1, -0.05) is 22.0 Å². The van der Waals surface area contributed by atoms with E-state index in [1.165, 1.54) is 0 Å². The van der Waals surface area contributed by atoms with Gasteiger partial charge in [0.25, 0.3) is 0 Å². The molecule has 0 aromatic heterocycles. The highest BCUT2D eigenvalue weighted by Gasteiger charge is 2.11. The van der Waals surface area contributed by atoms with Gasteiger partial charge in [-0.3, -0.25) is 0 Å². The van der Waals surface area contributed by atoms with Crippen molar-refractivity contribution < 1.29 is 9.84 Å². The molecule has 4 heteroatoms. The monoisotopic (exact) mass is 259 g/mol. The lowest BCUT2D eigenvalue weighted by Crippen LogP contribution is -2.13. The fraction of sp³-hybridized carbons (Fsp3) is 0.400. The minimum absolute atomic E-state index is 0.0837. The van der Waals surface area contributed by atoms with Crippen LogP contribution in [0.4, 0.5) is 0 Å². The highest BCUT2D eigenvalue weighted by molar-refractivity contribution is 9.10. The Balaban J connectivity index is 2.95. The van der Waals surface area contributed by atoms with Crippen LogP contribution < -0.4 is 10.5 Å². The summed E-state index contributed by atoms with van der Waals surface area (Å²) in [6.07, 6.45) is 0.540. The van der Waals surface area contributed by atoms with Crippen molar-refractivity contribution in [2.75, 3.05) is 13.7 Å². The Bertz CT molecular complexity index is 304. The van der Waals surface area contributed by atoms with Crippen molar-refractivity contribution in [3.05, 3.63) is 28.2 Å². The largest absolute Gasteiger partial charge is 0.496 e. The standard InChI is InChI=1S/C10H14BrNO2/c1-14-10-6-7(11)2-3-8(10)9(12)4-5-13/h2-3,6,9,13H,4-5,12H2,1H3. The molecule has 0 aliphatic rings. The number of ether oxygens (including phenoxy) is 1. The average Bonchev–Trinajstić information content (AvgIpc) is 2.17. The maximum Gasteiger partial charge on any atom is 0.124 e. The Kier molecular flexibility index (Phi) is 4.38. The number of halogens is 1. The van der Waals surface area contributed by atoms with Crippen molar-refractivity contribution in [3.8, 4) is 5.75 Å². The summed E-state index contributed by atoms with van der Waals surface area (Å²) >= 11 is 3.36. The second-order valence-corrected chi connectivity index (χ2v) is 3.92. The van der Waals surface area contributed by atoms with Gasteiger partial charge in [0.2, 0.25) is 0 Å². The molecule has 0 heterocycles. The molecule has 0 radical (unpaired) electrons. The molecule has 0 bridgehead atoms. The summed E-state index contributed by atoms with van der Waals surface area (Å²) in [4.78, 5) is 0. The molecule has 14 heavy (non-hydrogen) atoms. The van der Waals surface area contributed by atoms with Crippen LogP contribution >= 0.6 is 15.9 Å². The van der Waals surface area contributed by atoms with E-state index in [0.29, 0.717) is 6.42 Å². The van der Waals surface area contributed by atoms with Crippen molar-refractivity contribution in [2.24, 2.45) is 5.73 Å². The predicted octanol–water partition coefficient (Wildman–Crippen LogP) is 1.84. The molecule has 78 valence electrons. The van der Waals surface area contributed by atoms with Crippen molar-refractivity contribution in [2.45, 2.75) is 12.5 Å². The SMILES string of the molecule is COc1cc(Br)ccc1C(N)CCO. The van der Waals surface area contributed by atoms with Gasteiger partial charge >= 0.3 is 0 Å². The quantitative estimate of drug-likeness (QED) is 0.868. The van der Waals surface area contributed by atoms with Gasteiger partial charge in [-0.15, -0.1) is 0 Å². The average molecular weight is 260 g/mol. The van der Waals surface area contributed by atoms with E-state index in [1.807, 2.05) is 18.2 Å². The number of hydrogen-bond donors (Lipinski definition) is 2. The van der Waals surface area contributed by atoms with E-state index in [-0.39, 0.29) is 12.6 Å². The topological polar surface area (TPSA) is 55.5 Å². The number of hydrogen-bond acceptors (Lipinski definition) is 3. The Morgan fingerprint density at radius 3 is 2.86 bits per heavy atom. The summed E-state index contributed by atoms with van der Waals surface area (Å²) in [5.74, 6) is 0.750. The van der Waals surface area contributed by atoms with Crippen LogP contribution in [-0.2, 0) is 0 Å². The van der Waals surface area contributed by atoms with Crippen LogP contribution in [0.25, 0.3) is 0 Å². The molecular weight excluding hydrogens is 246 g/mol. The molecule has 0 saturated heterocycles. The summed E-state index contributed by atoms with van der Waals surface area (Å²) in [6.45, 7) is 0.0837. The highest BCUT2D eigenvalue weighted by Crippen LogP contribution is 2.28. The molecule has 0 aliphatic heterocycles. The first-order chi connectivity index (χ1) is 6.69. The number of methoxy groups -OCH3 is 1. The van der Waals surface area contributed by atoms with E-state index < -0.39 is 0 Å². The maximum absolute atomic E-state index is 8.79. The molecule has 1 aromatic rings. The Labute approximate surface area is 92.0 Å². The molecule has 1 aromatic carbocycles. The van der Waals surface area contributed by atoms with Crippen LogP contribution in [0.1, 0.15) is 18.0 Å². The summed E-state index contributed by atoms with van der Waals surface area (Å²) in [5, 5.41) is 8.79. The Hall–Kier alpha value is -0.580. The van der Waals surface area contributed by atoms with Crippen molar-refractivity contribution in [1.82, 2.24) is 0 Å². The van der Waals surface area contributed by atoms with Gasteiger partial charge in [0.15, 0.2) is 0 Å². The van der Waals surface area contributed by atoms with E-state index in [4.69, 9.17) is 15.6 Å². The summed E-state index contributed by atoms with van der Waals surface area (Å²) in [7, 11) is 1.61. The molecule has 0 spiro atoms. The van der Waals surface area contributed by atoms with Crippen molar-refractivity contribution >= 4 is 15.9 Å². The number of aliphatic hydroxyl groups is 1. The van der Waals surface area contributed by atoms with Crippen LogP contribution in [0.15, 0.2) is 22.7 Å². The molecule has 0 amide bonds. The molecular formula is C10H14BrNO2. The van der Waals surface area contributed by atoms with Crippen LogP contribution in [0.2, 0.25) is 0 Å². The van der Waals surface area contributed by atoms with Gasteiger partial charge in [0.1, 0.15) is 5.75 Å². The van der Waals surface area contributed by atoms with Crippen LogP contribution in [0, 0.1) is 0 Å². The van der Waals surface area contributed by atoms with Crippen molar-refractivity contribution in [3.63, 3.8) is 0 Å². The highest BCUT2D eigenvalue weighted by atomic mass is 79.9. The van der Waals surface area contributed by atoms with E-state index in [9.17, 15) is 0 Å². The van der Waals surface area contributed by atoms with Crippen molar-refractivity contribution in [1.29, 1.82) is 0 Å². The first-order valence-corrected chi connectivity index (χ1v) is 5.18. The lowest BCUT2D eigenvalue weighted by atomic mass is 10.0. The normalized spacial score (nSPS) is 12.6. The van der Waals surface area contributed by atoms with Gasteiger partial charge in [-0.2, -0.15) is 0 Å². The predicted molar refractivity (Wildman–Crippen MR) is 59.3 cm³/mol. The summed E-state index contributed by atoms with van der Waals surface area (Å²) in [5.41, 5.74) is 6.80. The van der Waals surface area contributed by atoms with Crippen LogP contribution in [0.3, 0.4) is 0 Å². The number of nitrogens with two attached hydrogens (primary N) is 1. The molecule has 3 N–H and O–H groups in total. The summed E-state index contributed by atoms with van der Waals surface area (Å²) < 4.78 is 6.16. The fourth-order valence-corrected chi connectivity index (χ4v) is 1.63. The first kappa shape index (κ1) is 11.5. The van der Waals surface area contributed by atoms with E-state index in [2.05, 4.69) is 15.9 Å². The third-order valence-electron chi connectivity index (χ3n) is 2.04. The van der Waals surface area contributed by atoms with E-state index >= 15 is 0 Å². The first-order valence-electron chi connectivity index (χ1n) is 4.39. The van der Waals surface area contributed by atoms with E-state index in [0.717, 1.165) is 15.8 Å². The molecule has 3 nitrogen and oxygen atoms in total. The number of aliphatic hydroxyl groups excluding tert-OH is 1. The Morgan fingerprint density at radius 1 is 1.57 bits per heavy atom. The molecule has 0 aliphatic carbocycles. The summed E-state index contributed by atoms with van der Waals surface area (Å²) in [6, 6.07) is 5.51. The van der Waals surface area contributed by atoms with Gasteiger partial charge in [-0.25, -0.2) is 0 Å². The smallest absolute Gasteiger partial charge is 0.124 e. The third-order valence-corrected chi connectivity index (χ3v) is 2.53. The van der Waals surface area contributed by atoms with Gasteiger partial charge in [0.05, 0.1) is 7.11 Å². The Morgan fingerprint density at radius 2 is 2.29 bits per heavy atom. The molecule has 1 atom stereocenters. The number of rotatable bonds is 4. The van der Waals surface area contributed by atoms with Crippen LogP contribution in [-0.4, -0.2) is 18.8 Å². The van der Waals surface area contributed by atoms with E-state index in [1.54, 1.807) is 7.11 Å². The minimum Gasteiger partial charge on any atom is -0.496 e. The lowest BCUT2D eigenvalue weighted by Gasteiger charge is -2.14. The third kappa shape index (κ3) is 2.70. The zero-order chi connectivity index (χ0) is 10.6. The van der Waals surface area contributed by atoms with Gasteiger partial charge in [-0.05, 0) is 18.6 Å². The second kappa shape index (κ2) is 5.34. The molecule has 1 rings (SSSR count). The fourth-order valence-electron chi connectivity index (χ4n) is 1.29. The zero-order valence-electron chi connectivity index (χ0n) is 8.03. The maximum atomic E-state index is 8.79. The molecule has 1 unspecified atom stereocenters.